The zero-order chi connectivity index (χ0) is 23.4. The lowest BCUT2D eigenvalue weighted by atomic mass is 9.87. The standard InChI is InChI=1S/C28H32N2O3/c1-19-10-12-21(13-11-19)18-30-15-14-23-16-25(32-3)26(33-4)17-24(23)27(30)20(2)29-28(31)22-8-6-5-7-9-22/h5-13,16-17,20,27H,14-15,18H2,1-4H3,(H,29,31). The van der Waals surface area contributed by atoms with Gasteiger partial charge in [0.05, 0.1) is 20.3 Å². The first-order valence-corrected chi connectivity index (χ1v) is 11.4. The molecule has 0 aromatic heterocycles. The zero-order valence-corrected chi connectivity index (χ0v) is 19.8. The van der Waals surface area contributed by atoms with Gasteiger partial charge in [0.15, 0.2) is 11.5 Å². The molecule has 3 aromatic rings. The summed E-state index contributed by atoms with van der Waals surface area (Å²) in [6.45, 7) is 5.89. The molecule has 0 aliphatic carbocycles. The average molecular weight is 445 g/mol. The zero-order valence-electron chi connectivity index (χ0n) is 19.8. The van der Waals surface area contributed by atoms with Crippen molar-refractivity contribution in [3.63, 3.8) is 0 Å². The van der Waals surface area contributed by atoms with E-state index in [1.807, 2.05) is 30.3 Å². The van der Waals surface area contributed by atoms with E-state index in [4.69, 9.17) is 9.47 Å². The Morgan fingerprint density at radius 3 is 2.36 bits per heavy atom. The van der Waals surface area contributed by atoms with Crippen molar-refractivity contribution in [2.45, 2.75) is 38.9 Å². The topological polar surface area (TPSA) is 50.8 Å². The van der Waals surface area contributed by atoms with Gasteiger partial charge in [-0.3, -0.25) is 9.69 Å². The summed E-state index contributed by atoms with van der Waals surface area (Å²) in [5, 5.41) is 3.25. The van der Waals surface area contributed by atoms with Gasteiger partial charge in [0.25, 0.3) is 5.91 Å². The number of methoxy groups -OCH3 is 2. The highest BCUT2D eigenvalue weighted by Crippen LogP contribution is 2.40. The number of amides is 1. The fourth-order valence-electron chi connectivity index (χ4n) is 4.68. The van der Waals surface area contributed by atoms with Gasteiger partial charge in [-0.15, -0.1) is 0 Å². The number of hydrogen-bond donors (Lipinski definition) is 1. The molecule has 4 rings (SSSR count). The Hall–Kier alpha value is -3.31. The minimum atomic E-state index is -0.111. The number of benzene rings is 3. The van der Waals surface area contributed by atoms with Gasteiger partial charge in [-0.25, -0.2) is 0 Å². The fourth-order valence-corrected chi connectivity index (χ4v) is 4.68. The molecule has 2 unspecified atom stereocenters. The number of nitrogens with zero attached hydrogens (tertiary/aromatic N) is 1. The molecule has 0 bridgehead atoms. The molecule has 1 aliphatic heterocycles. The lowest BCUT2D eigenvalue weighted by Gasteiger charge is -2.41. The van der Waals surface area contributed by atoms with E-state index < -0.39 is 0 Å². The average Bonchev–Trinajstić information content (AvgIpc) is 2.84. The Labute approximate surface area is 196 Å². The third kappa shape index (κ3) is 5.04. The monoisotopic (exact) mass is 444 g/mol. The third-order valence-electron chi connectivity index (χ3n) is 6.40. The minimum Gasteiger partial charge on any atom is -0.493 e. The second-order valence-electron chi connectivity index (χ2n) is 8.69. The highest BCUT2D eigenvalue weighted by Gasteiger charge is 2.34. The number of carbonyl (C=O) groups is 1. The van der Waals surface area contributed by atoms with Crippen LogP contribution in [0.15, 0.2) is 66.7 Å². The second-order valence-corrected chi connectivity index (χ2v) is 8.69. The number of aryl methyl sites for hydroxylation is 1. The Morgan fingerprint density at radius 1 is 1.03 bits per heavy atom. The number of ether oxygens (including phenoxy) is 2. The Bertz CT molecular complexity index is 1100. The lowest BCUT2D eigenvalue weighted by Crippen LogP contribution is -2.47. The molecule has 3 aromatic carbocycles. The molecular formula is C28H32N2O3. The van der Waals surface area contributed by atoms with Crippen molar-refractivity contribution < 1.29 is 14.3 Å². The molecule has 1 aliphatic rings. The highest BCUT2D eigenvalue weighted by atomic mass is 16.5. The molecule has 5 nitrogen and oxygen atoms in total. The summed E-state index contributed by atoms with van der Waals surface area (Å²) >= 11 is 0. The van der Waals surface area contributed by atoms with Crippen LogP contribution in [-0.2, 0) is 13.0 Å². The molecule has 0 fully saturated rings. The van der Waals surface area contributed by atoms with Crippen molar-refractivity contribution in [2.24, 2.45) is 0 Å². The van der Waals surface area contributed by atoms with E-state index in [1.54, 1.807) is 14.2 Å². The Balaban J connectivity index is 1.68. The maximum absolute atomic E-state index is 13.0. The summed E-state index contributed by atoms with van der Waals surface area (Å²) in [4.78, 5) is 15.4. The minimum absolute atomic E-state index is 0.00233. The fraction of sp³-hybridized carbons (Fsp3) is 0.321. The quantitative estimate of drug-likeness (QED) is 0.561. The highest BCUT2D eigenvalue weighted by molar-refractivity contribution is 5.94. The van der Waals surface area contributed by atoms with Gasteiger partial charge in [-0.05, 0) is 61.2 Å². The molecular weight excluding hydrogens is 412 g/mol. The van der Waals surface area contributed by atoms with Crippen molar-refractivity contribution in [3.8, 4) is 11.5 Å². The van der Waals surface area contributed by atoms with Crippen molar-refractivity contribution in [1.29, 1.82) is 0 Å². The van der Waals surface area contributed by atoms with Crippen LogP contribution in [0.25, 0.3) is 0 Å². The summed E-state index contributed by atoms with van der Waals surface area (Å²) < 4.78 is 11.2. The van der Waals surface area contributed by atoms with Gasteiger partial charge in [-0.1, -0.05) is 48.0 Å². The van der Waals surface area contributed by atoms with Gasteiger partial charge in [0.1, 0.15) is 0 Å². The summed E-state index contributed by atoms with van der Waals surface area (Å²) in [5.41, 5.74) is 5.58. The van der Waals surface area contributed by atoms with E-state index in [9.17, 15) is 4.79 Å². The van der Waals surface area contributed by atoms with E-state index >= 15 is 0 Å². The predicted molar refractivity (Wildman–Crippen MR) is 131 cm³/mol. The number of hydrogen-bond acceptors (Lipinski definition) is 4. The molecule has 2 atom stereocenters. The molecule has 172 valence electrons. The molecule has 1 heterocycles. The summed E-state index contributed by atoms with van der Waals surface area (Å²) in [5.74, 6) is 1.38. The largest absolute Gasteiger partial charge is 0.493 e. The first-order valence-electron chi connectivity index (χ1n) is 11.4. The molecule has 5 heteroatoms. The van der Waals surface area contributed by atoms with Crippen LogP contribution in [0.2, 0.25) is 0 Å². The van der Waals surface area contributed by atoms with Gasteiger partial charge >= 0.3 is 0 Å². The van der Waals surface area contributed by atoms with Crippen molar-refractivity contribution in [1.82, 2.24) is 10.2 Å². The van der Waals surface area contributed by atoms with Crippen molar-refractivity contribution in [2.75, 3.05) is 20.8 Å². The van der Waals surface area contributed by atoms with Crippen molar-refractivity contribution >= 4 is 5.91 Å². The first kappa shape index (κ1) is 22.9. The maximum Gasteiger partial charge on any atom is 0.251 e. The van der Waals surface area contributed by atoms with E-state index in [0.717, 1.165) is 25.3 Å². The van der Waals surface area contributed by atoms with Gasteiger partial charge < -0.3 is 14.8 Å². The lowest BCUT2D eigenvalue weighted by molar-refractivity contribution is 0.0877. The molecule has 0 saturated carbocycles. The molecule has 0 radical (unpaired) electrons. The predicted octanol–water partition coefficient (Wildman–Crippen LogP) is 4.93. The van der Waals surface area contributed by atoms with Gasteiger partial charge in [0.2, 0.25) is 0 Å². The number of rotatable bonds is 7. The van der Waals surface area contributed by atoms with Crippen LogP contribution in [-0.4, -0.2) is 37.6 Å². The second kappa shape index (κ2) is 10.1. The van der Waals surface area contributed by atoms with Crippen LogP contribution in [0.1, 0.15) is 45.6 Å². The molecule has 1 amide bonds. The summed E-state index contributed by atoms with van der Waals surface area (Å²) in [7, 11) is 3.32. The van der Waals surface area contributed by atoms with E-state index in [0.29, 0.717) is 11.3 Å². The number of nitrogens with one attached hydrogen (secondary N) is 1. The smallest absolute Gasteiger partial charge is 0.251 e. The van der Waals surface area contributed by atoms with Gasteiger partial charge in [0, 0.05) is 24.7 Å². The summed E-state index contributed by atoms with van der Waals surface area (Å²) in [6, 6.07) is 22.1. The molecule has 33 heavy (non-hydrogen) atoms. The SMILES string of the molecule is COc1cc2c(cc1OC)C(C(C)NC(=O)c1ccccc1)N(Cc1ccc(C)cc1)CC2. The molecule has 0 saturated heterocycles. The Morgan fingerprint density at radius 2 is 1.70 bits per heavy atom. The van der Waals surface area contributed by atoms with E-state index in [-0.39, 0.29) is 18.0 Å². The number of fused-ring (bicyclic) bond motifs is 1. The first-order chi connectivity index (χ1) is 16.0. The third-order valence-corrected chi connectivity index (χ3v) is 6.40. The molecule has 1 N–H and O–H groups in total. The number of carbonyl (C=O) groups excluding carboxylic acids is 1. The van der Waals surface area contributed by atoms with Crippen LogP contribution < -0.4 is 14.8 Å². The van der Waals surface area contributed by atoms with Gasteiger partial charge in [-0.2, -0.15) is 0 Å². The van der Waals surface area contributed by atoms with Crippen LogP contribution >= 0.6 is 0 Å². The van der Waals surface area contributed by atoms with Crippen molar-refractivity contribution in [3.05, 3.63) is 94.5 Å². The van der Waals surface area contributed by atoms with Crippen LogP contribution in [0.4, 0.5) is 0 Å². The van der Waals surface area contributed by atoms with Crippen LogP contribution in [0, 0.1) is 6.92 Å². The summed E-state index contributed by atoms with van der Waals surface area (Å²) in [6.07, 6.45) is 0.914. The Kier molecular flexibility index (Phi) is 6.99. The van der Waals surface area contributed by atoms with Crippen LogP contribution in [0.5, 0.6) is 11.5 Å². The van der Waals surface area contributed by atoms with E-state index in [1.165, 1.54) is 22.3 Å². The van der Waals surface area contributed by atoms with Crippen LogP contribution in [0.3, 0.4) is 0 Å². The molecule has 0 spiro atoms. The van der Waals surface area contributed by atoms with E-state index in [2.05, 4.69) is 60.5 Å². The normalized spacial score (nSPS) is 16.5. The maximum atomic E-state index is 13.0.